The number of nitrogens with zero attached hydrogens (tertiary/aromatic N) is 4. The number of thiazole rings is 1. The van der Waals surface area contributed by atoms with Crippen LogP contribution in [0.25, 0.3) is 11.5 Å². The van der Waals surface area contributed by atoms with E-state index >= 15 is 0 Å². The smallest absolute Gasteiger partial charge is 0.274 e. The van der Waals surface area contributed by atoms with E-state index in [0.717, 1.165) is 40.8 Å². The van der Waals surface area contributed by atoms with Crippen molar-refractivity contribution in [1.29, 1.82) is 0 Å². The Hall–Kier alpha value is -2.58. The van der Waals surface area contributed by atoms with E-state index in [9.17, 15) is 4.79 Å². The first-order valence-corrected chi connectivity index (χ1v) is 9.77. The second-order valence-electron chi connectivity index (χ2n) is 7.17. The molecule has 0 unspecified atom stereocenters. The van der Waals surface area contributed by atoms with Crippen molar-refractivity contribution >= 4 is 17.2 Å². The van der Waals surface area contributed by atoms with Crippen LogP contribution in [0.3, 0.4) is 0 Å². The van der Waals surface area contributed by atoms with Crippen molar-refractivity contribution in [2.24, 2.45) is 0 Å². The molecule has 0 spiro atoms. The first-order valence-electron chi connectivity index (χ1n) is 8.89. The van der Waals surface area contributed by atoms with E-state index in [1.165, 1.54) is 0 Å². The van der Waals surface area contributed by atoms with Gasteiger partial charge in [-0.1, -0.05) is 12.1 Å². The molecule has 3 aromatic rings. The summed E-state index contributed by atoms with van der Waals surface area (Å²) in [6.45, 7) is 6.18. The normalized spacial score (nSPS) is 15.1. The number of hydrogen-bond acceptors (Lipinski definition) is 6. The van der Waals surface area contributed by atoms with Crippen molar-refractivity contribution in [2.75, 3.05) is 0 Å². The Morgan fingerprint density at radius 1 is 1.26 bits per heavy atom. The minimum absolute atomic E-state index is 0.0884. The molecule has 1 saturated carbocycles. The van der Waals surface area contributed by atoms with Gasteiger partial charge in [0.1, 0.15) is 16.5 Å². The third kappa shape index (κ3) is 2.94. The van der Waals surface area contributed by atoms with Crippen molar-refractivity contribution in [2.45, 2.75) is 45.1 Å². The molecule has 0 saturated heterocycles. The highest BCUT2D eigenvalue weighted by Gasteiger charge is 2.48. The van der Waals surface area contributed by atoms with Gasteiger partial charge in [-0.2, -0.15) is 0 Å². The van der Waals surface area contributed by atoms with Crippen LogP contribution in [0.1, 0.15) is 59.5 Å². The fourth-order valence-corrected chi connectivity index (χ4v) is 4.59. The molecule has 2 aromatic heterocycles. The van der Waals surface area contributed by atoms with Crippen LogP contribution in [0.15, 0.2) is 29.6 Å². The van der Waals surface area contributed by atoms with E-state index in [0.29, 0.717) is 5.56 Å². The Labute approximate surface area is 161 Å². The highest BCUT2D eigenvalue weighted by molar-refractivity contribution is 7.10. The number of aryl methyl sites for hydroxylation is 1. The lowest BCUT2D eigenvalue weighted by Crippen LogP contribution is -2.18. The van der Waals surface area contributed by atoms with Crippen LogP contribution < -0.4 is 5.48 Å². The molecule has 0 bridgehead atoms. The monoisotopic (exact) mass is 383 g/mol. The van der Waals surface area contributed by atoms with Gasteiger partial charge in [0, 0.05) is 22.4 Å². The van der Waals surface area contributed by atoms with Gasteiger partial charge in [0.15, 0.2) is 5.82 Å². The Morgan fingerprint density at radius 2 is 1.96 bits per heavy atom. The zero-order valence-corrected chi connectivity index (χ0v) is 16.2. The second kappa shape index (κ2) is 6.54. The molecule has 1 amide bonds. The molecule has 2 heterocycles. The first kappa shape index (κ1) is 17.8. The molecule has 27 heavy (non-hydrogen) atoms. The number of nitrogens with one attached hydrogen (secondary N) is 1. The summed E-state index contributed by atoms with van der Waals surface area (Å²) in [5.41, 5.74) is 3.99. The summed E-state index contributed by atoms with van der Waals surface area (Å²) in [4.78, 5) is 16.4. The molecule has 4 rings (SSSR count). The quantitative estimate of drug-likeness (QED) is 0.520. The van der Waals surface area contributed by atoms with Crippen LogP contribution in [-0.4, -0.2) is 30.9 Å². The maximum atomic E-state index is 11.5. The molecule has 1 aliphatic rings. The number of amides is 1. The molecule has 1 fully saturated rings. The predicted molar refractivity (Wildman–Crippen MR) is 102 cm³/mol. The van der Waals surface area contributed by atoms with Crippen LogP contribution in [0.5, 0.6) is 0 Å². The molecule has 1 aromatic carbocycles. The zero-order valence-electron chi connectivity index (χ0n) is 15.4. The van der Waals surface area contributed by atoms with Gasteiger partial charge in [0.2, 0.25) is 0 Å². The second-order valence-corrected chi connectivity index (χ2v) is 8.03. The summed E-state index contributed by atoms with van der Waals surface area (Å²) >= 11 is 1.64. The van der Waals surface area contributed by atoms with Gasteiger partial charge >= 0.3 is 0 Å². The maximum Gasteiger partial charge on any atom is 0.274 e. The summed E-state index contributed by atoms with van der Waals surface area (Å²) in [6, 6.07) is 7.61. The van der Waals surface area contributed by atoms with E-state index in [1.807, 2.05) is 24.4 Å². The maximum absolute atomic E-state index is 11.5. The Balaban J connectivity index is 1.66. The molecular formula is C19H21N5O2S. The van der Waals surface area contributed by atoms with Gasteiger partial charge in [0.05, 0.1) is 0 Å². The largest absolute Gasteiger partial charge is 0.307 e. The van der Waals surface area contributed by atoms with Crippen LogP contribution in [0.2, 0.25) is 0 Å². The summed E-state index contributed by atoms with van der Waals surface area (Å²) in [7, 11) is 0. The Kier molecular flexibility index (Phi) is 4.32. The molecule has 0 aliphatic heterocycles. The van der Waals surface area contributed by atoms with Crippen LogP contribution in [0, 0.1) is 6.92 Å². The molecular weight excluding hydrogens is 362 g/mol. The van der Waals surface area contributed by atoms with Crippen molar-refractivity contribution in [3.8, 4) is 11.5 Å². The molecule has 1 aliphatic carbocycles. The van der Waals surface area contributed by atoms with E-state index < -0.39 is 5.91 Å². The molecule has 0 atom stereocenters. The zero-order chi connectivity index (χ0) is 19.2. The van der Waals surface area contributed by atoms with Crippen molar-refractivity contribution < 1.29 is 10.0 Å². The number of aromatic nitrogens is 4. The summed E-state index contributed by atoms with van der Waals surface area (Å²) in [5.74, 6) is 1.18. The number of hydrogen-bond donors (Lipinski definition) is 2. The van der Waals surface area contributed by atoms with Gasteiger partial charge in [-0.05, 0) is 51.3 Å². The number of benzene rings is 1. The number of carbonyl (C=O) groups excluding carboxylic acids is 1. The van der Waals surface area contributed by atoms with Gasteiger partial charge in [-0.25, -0.2) is 10.5 Å². The Morgan fingerprint density at radius 3 is 2.56 bits per heavy atom. The van der Waals surface area contributed by atoms with Crippen molar-refractivity contribution in [3.05, 3.63) is 51.6 Å². The lowest BCUT2D eigenvalue weighted by Gasteiger charge is -2.13. The number of rotatable bonds is 5. The first-order chi connectivity index (χ1) is 13.0. The minimum atomic E-state index is -0.508. The van der Waals surface area contributed by atoms with Gasteiger partial charge in [-0.3, -0.25) is 10.0 Å². The van der Waals surface area contributed by atoms with Gasteiger partial charge < -0.3 is 4.57 Å². The third-order valence-corrected chi connectivity index (χ3v) is 6.12. The third-order valence-electron chi connectivity index (χ3n) is 5.08. The van der Waals surface area contributed by atoms with E-state index in [1.54, 1.807) is 28.9 Å². The van der Waals surface area contributed by atoms with E-state index in [4.69, 9.17) is 10.2 Å². The average molecular weight is 383 g/mol. The lowest BCUT2D eigenvalue weighted by molar-refractivity contribution is 0.0706. The number of hydroxylamine groups is 1. The molecule has 140 valence electrons. The van der Waals surface area contributed by atoms with Crippen molar-refractivity contribution in [1.82, 2.24) is 25.2 Å². The fraction of sp³-hybridized carbons (Fsp3) is 0.368. The summed E-state index contributed by atoms with van der Waals surface area (Å²) in [5, 5.41) is 20.4. The predicted octanol–water partition coefficient (Wildman–Crippen LogP) is 3.49. The molecule has 2 N–H and O–H groups in total. The molecule has 0 radical (unpaired) electrons. The highest BCUT2D eigenvalue weighted by Crippen LogP contribution is 2.54. The van der Waals surface area contributed by atoms with Gasteiger partial charge in [0.25, 0.3) is 5.91 Å². The molecule has 8 heteroatoms. The summed E-state index contributed by atoms with van der Waals surface area (Å²) < 4.78 is 2.10. The molecule has 7 nitrogen and oxygen atoms in total. The van der Waals surface area contributed by atoms with E-state index in [-0.39, 0.29) is 11.5 Å². The van der Waals surface area contributed by atoms with E-state index in [2.05, 4.69) is 28.6 Å². The highest BCUT2D eigenvalue weighted by atomic mass is 32.1. The summed E-state index contributed by atoms with van der Waals surface area (Å²) in [6.07, 6.45) is 2.06. The van der Waals surface area contributed by atoms with Crippen molar-refractivity contribution in [3.63, 3.8) is 0 Å². The minimum Gasteiger partial charge on any atom is -0.307 e. The average Bonchev–Trinajstić information content (AvgIpc) is 3.15. The topological polar surface area (TPSA) is 92.9 Å². The van der Waals surface area contributed by atoms with Crippen LogP contribution in [0.4, 0.5) is 0 Å². The van der Waals surface area contributed by atoms with Crippen LogP contribution >= 0.6 is 11.3 Å². The Bertz CT molecular complexity index is 986. The SMILES string of the molecule is Cc1nnc(-c2csc(C3(c4ccc(C(=O)NO)cc4)CC3)n2)n1C(C)C. The standard InChI is InChI=1S/C19H21N5O2S/c1-11(2)24-12(3)21-22-16(24)15-10-27-18(20-15)19(8-9-19)14-6-4-13(5-7-14)17(25)23-26/h4-7,10-11,26H,8-9H2,1-3H3,(H,23,25). The van der Waals surface area contributed by atoms with Gasteiger partial charge in [-0.15, -0.1) is 21.5 Å². The van der Waals surface area contributed by atoms with Crippen LogP contribution in [-0.2, 0) is 5.41 Å². The fourth-order valence-electron chi connectivity index (χ4n) is 3.51. The number of carbonyl (C=O) groups is 1. The lowest BCUT2D eigenvalue weighted by atomic mass is 9.95.